The number of halogens is 2. The molecule has 4 rings (SSSR count). The second-order valence-corrected chi connectivity index (χ2v) is 9.49. The van der Waals surface area contributed by atoms with E-state index >= 15 is 0 Å². The fourth-order valence-corrected chi connectivity index (χ4v) is 5.76. The zero-order valence-corrected chi connectivity index (χ0v) is 19.1. The highest BCUT2D eigenvalue weighted by molar-refractivity contribution is 8.19. The number of carbonyl (C=O) groups is 1. The number of benzene rings is 2. The second kappa shape index (κ2) is 8.64. The van der Waals surface area contributed by atoms with Gasteiger partial charge in [-0.1, -0.05) is 60.4 Å². The number of hydrogen-bond acceptors (Lipinski definition) is 5. The first kappa shape index (κ1) is 20.7. The van der Waals surface area contributed by atoms with E-state index < -0.39 is 0 Å². The number of rotatable bonds is 4. The molecule has 1 amide bonds. The van der Waals surface area contributed by atoms with Gasteiger partial charge in [0.15, 0.2) is 5.17 Å². The lowest BCUT2D eigenvalue weighted by molar-refractivity contribution is -0.122. The third-order valence-corrected chi connectivity index (χ3v) is 7.83. The predicted molar refractivity (Wildman–Crippen MR) is 125 cm³/mol. The molecule has 8 heteroatoms. The molecule has 29 heavy (non-hydrogen) atoms. The monoisotopic (exact) mass is 463 g/mol. The second-order valence-electron chi connectivity index (χ2n) is 6.67. The molecule has 0 aromatic heterocycles. The minimum atomic E-state index is 0.00409. The summed E-state index contributed by atoms with van der Waals surface area (Å²) < 4.78 is 0. The van der Waals surface area contributed by atoms with Crippen LogP contribution in [0.2, 0.25) is 10.0 Å². The van der Waals surface area contributed by atoms with Crippen molar-refractivity contribution in [3.63, 3.8) is 0 Å². The summed E-state index contributed by atoms with van der Waals surface area (Å²) in [5, 5.41) is 2.55. The molecule has 0 atom stereocenters. The number of aliphatic imine (C=N–C) groups is 1. The number of hydrogen-bond donors (Lipinski definition) is 0. The van der Waals surface area contributed by atoms with Crippen LogP contribution in [0.25, 0.3) is 0 Å². The molecule has 2 aliphatic rings. The van der Waals surface area contributed by atoms with Crippen LogP contribution in [0.4, 0.5) is 11.4 Å². The van der Waals surface area contributed by atoms with Gasteiger partial charge in [-0.15, -0.1) is 0 Å². The molecule has 0 spiro atoms. The molecule has 1 fully saturated rings. The molecule has 2 aromatic rings. The van der Waals surface area contributed by atoms with Crippen LogP contribution in [0.5, 0.6) is 0 Å². The SMILES string of the molecule is CCCCN1C(=O)C(=C2Sc3ccccc3N2C)SC1=Nc1ccc(Cl)c(Cl)c1. The van der Waals surface area contributed by atoms with Gasteiger partial charge in [0.05, 0.1) is 26.4 Å². The Hall–Kier alpha value is -1.60. The van der Waals surface area contributed by atoms with E-state index in [1.807, 2.05) is 25.2 Å². The highest BCUT2D eigenvalue weighted by Crippen LogP contribution is 2.50. The van der Waals surface area contributed by atoms with Crippen molar-refractivity contribution in [2.45, 2.75) is 24.7 Å². The van der Waals surface area contributed by atoms with Gasteiger partial charge in [0.25, 0.3) is 5.91 Å². The topological polar surface area (TPSA) is 35.9 Å². The first-order valence-electron chi connectivity index (χ1n) is 9.28. The summed E-state index contributed by atoms with van der Waals surface area (Å²) in [7, 11) is 2.00. The summed E-state index contributed by atoms with van der Waals surface area (Å²) in [5.74, 6) is 0.00409. The third-order valence-electron chi connectivity index (χ3n) is 4.66. The quantitative estimate of drug-likeness (QED) is 0.468. The van der Waals surface area contributed by atoms with Gasteiger partial charge in [0.1, 0.15) is 4.91 Å². The Morgan fingerprint density at radius 3 is 2.59 bits per heavy atom. The number of carbonyl (C=O) groups excluding carboxylic acids is 1. The Kier molecular flexibility index (Phi) is 6.16. The van der Waals surface area contributed by atoms with Crippen LogP contribution in [-0.4, -0.2) is 29.6 Å². The molecular formula is C21H19Cl2N3OS2. The normalized spacial score (nSPS) is 20.1. The number of nitrogens with zero attached hydrogens (tertiary/aromatic N) is 3. The average Bonchev–Trinajstić information content (AvgIpc) is 3.20. The number of para-hydroxylation sites is 1. The van der Waals surface area contributed by atoms with E-state index in [0.29, 0.717) is 32.4 Å². The van der Waals surface area contributed by atoms with Crippen molar-refractivity contribution in [2.24, 2.45) is 4.99 Å². The summed E-state index contributed by atoms with van der Waals surface area (Å²) in [6.45, 7) is 2.75. The molecule has 0 aliphatic carbocycles. The summed E-state index contributed by atoms with van der Waals surface area (Å²) in [6, 6.07) is 13.4. The maximum absolute atomic E-state index is 13.3. The van der Waals surface area contributed by atoms with Crippen molar-refractivity contribution in [3.05, 3.63) is 62.4 Å². The van der Waals surface area contributed by atoms with Gasteiger partial charge < -0.3 is 4.90 Å². The first-order chi connectivity index (χ1) is 14.0. The Labute approximate surface area is 189 Å². The van der Waals surface area contributed by atoms with Crippen LogP contribution >= 0.6 is 46.7 Å². The van der Waals surface area contributed by atoms with Gasteiger partial charge in [-0.25, -0.2) is 4.99 Å². The lowest BCUT2D eigenvalue weighted by atomic mass is 10.3. The number of anilines is 1. The molecule has 0 unspecified atom stereocenters. The van der Waals surface area contributed by atoms with Crippen molar-refractivity contribution in [3.8, 4) is 0 Å². The minimum absolute atomic E-state index is 0.00409. The van der Waals surface area contributed by atoms with Crippen molar-refractivity contribution < 1.29 is 4.79 Å². The van der Waals surface area contributed by atoms with Gasteiger partial charge in [0, 0.05) is 18.5 Å². The Morgan fingerprint density at radius 1 is 1.07 bits per heavy atom. The fraction of sp³-hybridized carbons (Fsp3) is 0.238. The molecule has 0 saturated carbocycles. The molecule has 150 valence electrons. The zero-order valence-electron chi connectivity index (χ0n) is 16.0. The smallest absolute Gasteiger partial charge is 0.269 e. The maximum atomic E-state index is 13.3. The molecule has 0 radical (unpaired) electrons. The number of fused-ring (bicyclic) bond motifs is 1. The fourth-order valence-electron chi connectivity index (χ4n) is 3.10. The number of amidine groups is 1. The van der Waals surface area contributed by atoms with E-state index in [1.165, 1.54) is 11.8 Å². The molecular weight excluding hydrogens is 445 g/mol. The van der Waals surface area contributed by atoms with Crippen LogP contribution < -0.4 is 4.90 Å². The minimum Gasteiger partial charge on any atom is -0.337 e. The van der Waals surface area contributed by atoms with Gasteiger partial charge in [-0.05, 0) is 48.5 Å². The van der Waals surface area contributed by atoms with Crippen molar-refractivity contribution in [1.82, 2.24) is 4.90 Å². The first-order valence-corrected chi connectivity index (χ1v) is 11.7. The standard InChI is InChI=1S/C21H19Cl2N3OS2/c1-3-4-11-26-19(27)18(20-25(2)16-7-5-6-8-17(16)28-20)29-21(26)24-13-9-10-14(22)15(23)12-13/h5-10,12H,3-4,11H2,1-2H3. The Balaban J connectivity index is 1.72. The Morgan fingerprint density at radius 2 is 1.86 bits per heavy atom. The van der Waals surface area contributed by atoms with E-state index in [1.54, 1.807) is 28.8 Å². The van der Waals surface area contributed by atoms with Gasteiger partial charge >= 0.3 is 0 Å². The molecule has 0 N–H and O–H groups in total. The van der Waals surface area contributed by atoms with Crippen LogP contribution in [-0.2, 0) is 4.79 Å². The summed E-state index contributed by atoms with van der Waals surface area (Å²) in [4.78, 5) is 23.7. The van der Waals surface area contributed by atoms with Crippen LogP contribution in [0, 0.1) is 0 Å². The summed E-state index contributed by atoms with van der Waals surface area (Å²) in [6.07, 6.45) is 1.92. The highest BCUT2D eigenvalue weighted by atomic mass is 35.5. The summed E-state index contributed by atoms with van der Waals surface area (Å²) >= 11 is 15.2. The Bertz CT molecular complexity index is 1040. The molecule has 2 aromatic carbocycles. The number of thioether (sulfide) groups is 2. The lowest BCUT2D eigenvalue weighted by Crippen LogP contribution is -2.30. The average molecular weight is 464 g/mol. The van der Waals surface area contributed by atoms with Crippen LogP contribution in [0.1, 0.15) is 19.8 Å². The zero-order chi connectivity index (χ0) is 20.5. The summed E-state index contributed by atoms with van der Waals surface area (Å²) in [5.41, 5.74) is 1.79. The maximum Gasteiger partial charge on any atom is 0.269 e. The molecule has 4 nitrogen and oxygen atoms in total. The van der Waals surface area contributed by atoms with Gasteiger partial charge in [-0.2, -0.15) is 0 Å². The van der Waals surface area contributed by atoms with Gasteiger partial charge in [-0.3, -0.25) is 9.69 Å². The van der Waals surface area contributed by atoms with Crippen LogP contribution in [0.15, 0.2) is 62.3 Å². The van der Waals surface area contributed by atoms with E-state index in [2.05, 4.69) is 24.0 Å². The van der Waals surface area contributed by atoms with E-state index in [9.17, 15) is 4.79 Å². The van der Waals surface area contributed by atoms with E-state index in [-0.39, 0.29) is 5.91 Å². The molecule has 2 aliphatic heterocycles. The van der Waals surface area contributed by atoms with Crippen molar-refractivity contribution in [1.29, 1.82) is 0 Å². The third kappa shape index (κ3) is 4.04. The molecule has 0 bridgehead atoms. The van der Waals surface area contributed by atoms with E-state index in [4.69, 9.17) is 28.2 Å². The van der Waals surface area contributed by atoms with Crippen molar-refractivity contribution in [2.75, 3.05) is 18.5 Å². The van der Waals surface area contributed by atoms with Crippen molar-refractivity contribution >= 4 is 69.2 Å². The lowest BCUT2D eigenvalue weighted by Gasteiger charge is -2.16. The largest absolute Gasteiger partial charge is 0.337 e. The predicted octanol–water partition coefficient (Wildman–Crippen LogP) is 6.77. The highest BCUT2D eigenvalue weighted by Gasteiger charge is 2.38. The van der Waals surface area contributed by atoms with Gasteiger partial charge in [0.2, 0.25) is 0 Å². The van der Waals surface area contributed by atoms with E-state index in [0.717, 1.165) is 28.5 Å². The molecule has 2 heterocycles. The number of amides is 1. The van der Waals surface area contributed by atoms with Crippen LogP contribution in [0.3, 0.4) is 0 Å². The molecule has 1 saturated heterocycles. The number of unbranched alkanes of at least 4 members (excludes halogenated alkanes) is 1.